The van der Waals surface area contributed by atoms with Crippen molar-refractivity contribution in [1.82, 2.24) is 0 Å². The highest BCUT2D eigenvalue weighted by molar-refractivity contribution is 6.01. The van der Waals surface area contributed by atoms with Crippen molar-refractivity contribution in [2.45, 2.75) is 39.5 Å². The number of rotatable bonds is 4. The molecule has 1 aliphatic rings. The molecule has 0 aromatic heterocycles. The Kier molecular flexibility index (Phi) is 4.36. The van der Waals surface area contributed by atoms with Gasteiger partial charge in [-0.2, -0.15) is 0 Å². The van der Waals surface area contributed by atoms with E-state index in [-0.39, 0.29) is 17.1 Å². The van der Waals surface area contributed by atoms with Crippen molar-refractivity contribution >= 4 is 5.78 Å². The van der Waals surface area contributed by atoms with E-state index in [1.54, 1.807) is 20.3 Å². The van der Waals surface area contributed by atoms with E-state index in [0.29, 0.717) is 17.1 Å². The summed E-state index contributed by atoms with van der Waals surface area (Å²) >= 11 is 0. The van der Waals surface area contributed by atoms with Crippen molar-refractivity contribution in [3.63, 3.8) is 0 Å². The summed E-state index contributed by atoms with van der Waals surface area (Å²) in [7, 11) is 3.21. The highest BCUT2D eigenvalue weighted by Crippen LogP contribution is 2.43. The molecule has 0 spiro atoms. The molecule has 1 unspecified atom stereocenters. The lowest BCUT2D eigenvalue weighted by Crippen LogP contribution is -2.34. The zero-order valence-electron chi connectivity index (χ0n) is 12.9. The molecular weight excluding hydrogens is 252 g/mol. The first-order valence-electron chi connectivity index (χ1n) is 7.26. The molecule has 3 heteroatoms. The summed E-state index contributed by atoms with van der Waals surface area (Å²) in [6, 6.07) is 5.43. The van der Waals surface area contributed by atoms with Gasteiger partial charge < -0.3 is 9.47 Å². The smallest absolute Gasteiger partial charge is 0.170 e. The molecule has 0 N–H and O–H groups in total. The monoisotopic (exact) mass is 276 g/mol. The second-order valence-electron chi connectivity index (χ2n) is 6.22. The fourth-order valence-electron chi connectivity index (χ4n) is 3.17. The van der Waals surface area contributed by atoms with Crippen molar-refractivity contribution in [2.75, 3.05) is 14.2 Å². The molecule has 110 valence electrons. The van der Waals surface area contributed by atoms with Gasteiger partial charge in [0.2, 0.25) is 0 Å². The molecule has 1 aliphatic carbocycles. The summed E-state index contributed by atoms with van der Waals surface area (Å²) in [5.74, 6) is 1.59. The first-order chi connectivity index (χ1) is 9.49. The van der Waals surface area contributed by atoms with Gasteiger partial charge in [0.05, 0.1) is 19.8 Å². The first-order valence-corrected chi connectivity index (χ1v) is 7.26. The van der Waals surface area contributed by atoms with Crippen molar-refractivity contribution in [2.24, 2.45) is 11.3 Å². The Morgan fingerprint density at radius 1 is 1.20 bits per heavy atom. The average molecular weight is 276 g/mol. The number of methoxy groups -OCH3 is 2. The van der Waals surface area contributed by atoms with Gasteiger partial charge >= 0.3 is 0 Å². The van der Waals surface area contributed by atoms with Gasteiger partial charge in [-0.3, -0.25) is 4.79 Å². The van der Waals surface area contributed by atoms with Crippen molar-refractivity contribution in [1.29, 1.82) is 0 Å². The van der Waals surface area contributed by atoms with Gasteiger partial charge in [-0.25, -0.2) is 0 Å². The van der Waals surface area contributed by atoms with E-state index < -0.39 is 0 Å². The number of carbonyl (C=O) groups excluding carboxylic acids is 1. The molecule has 1 saturated carbocycles. The zero-order chi connectivity index (χ0) is 14.8. The van der Waals surface area contributed by atoms with Gasteiger partial charge in [0.15, 0.2) is 5.78 Å². The van der Waals surface area contributed by atoms with Crippen LogP contribution in [0.25, 0.3) is 0 Å². The molecule has 1 aromatic carbocycles. The Hall–Kier alpha value is -1.51. The summed E-state index contributed by atoms with van der Waals surface area (Å²) in [6.45, 7) is 4.39. The van der Waals surface area contributed by atoms with E-state index in [1.807, 2.05) is 12.1 Å². The van der Waals surface area contributed by atoms with Crippen molar-refractivity contribution in [3.05, 3.63) is 23.8 Å². The minimum atomic E-state index is 0.0589. The molecule has 0 bridgehead atoms. The number of benzene rings is 1. The second kappa shape index (κ2) is 5.86. The van der Waals surface area contributed by atoms with E-state index in [9.17, 15) is 4.79 Å². The topological polar surface area (TPSA) is 35.5 Å². The van der Waals surface area contributed by atoms with Gasteiger partial charge in [0.1, 0.15) is 11.5 Å². The normalized spacial score (nSPS) is 21.3. The quantitative estimate of drug-likeness (QED) is 0.777. The molecule has 1 atom stereocenters. The van der Waals surface area contributed by atoms with Gasteiger partial charge in [-0.15, -0.1) is 0 Å². The Bertz CT molecular complexity index is 491. The lowest BCUT2D eigenvalue weighted by Gasteiger charge is -2.37. The highest BCUT2D eigenvalue weighted by Gasteiger charge is 2.38. The third kappa shape index (κ3) is 2.82. The first kappa shape index (κ1) is 14.9. The maximum atomic E-state index is 12.9. The van der Waals surface area contributed by atoms with E-state index in [4.69, 9.17) is 9.47 Å². The molecule has 2 rings (SSSR count). The highest BCUT2D eigenvalue weighted by atomic mass is 16.5. The number of ether oxygens (including phenoxy) is 2. The molecule has 20 heavy (non-hydrogen) atoms. The van der Waals surface area contributed by atoms with Gasteiger partial charge in [-0.05, 0) is 36.5 Å². The lowest BCUT2D eigenvalue weighted by molar-refractivity contribution is 0.0694. The standard InChI is InChI=1S/C17H24O3/c1-17(2)10-6-5-7-14(17)16(18)13-11-12(19-3)8-9-15(13)20-4/h8-9,11,14H,5-7,10H2,1-4H3. The van der Waals surface area contributed by atoms with Crippen LogP contribution in [0.3, 0.4) is 0 Å². The maximum Gasteiger partial charge on any atom is 0.170 e. The third-order valence-electron chi connectivity index (χ3n) is 4.50. The van der Waals surface area contributed by atoms with Crippen LogP contribution in [0.2, 0.25) is 0 Å². The second-order valence-corrected chi connectivity index (χ2v) is 6.22. The van der Waals surface area contributed by atoms with Gasteiger partial charge in [-0.1, -0.05) is 26.7 Å². The summed E-state index contributed by atoms with van der Waals surface area (Å²) in [5, 5.41) is 0. The number of ketones is 1. The van der Waals surface area contributed by atoms with Crippen molar-refractivity contribution in [3.8, 4) is 11.5 Å². The minimum absolute atomic E-state index is 0.0589. The van der Waals surface area contributed by atoms with E-state index >= 15 is 0 Å². The van der Waals surface area contributed by atoms with Gasteiger partial charge in [0, 0.05) is 5.92 Å². The number of Topliss-reactive ketones (excluding diaryl/α,β-unsaturated/α-hetero) is 1. The molecule has 0 amide bonds. The van der Waals surface area contributed by atoms with Crippen LogP contribution >= 0.6 is 0 Å². The summed E-state index contributed by atoms with van der Waals surface area (Å²) < 4.78 is 10.6. The predicted octanol–water partition coefficient (Wildman–Crippen LogP) is 4.10. The van der Waals surface area contributed by atoms with Gasteiger partial charge in [0.25, 0.3) is 0 Å². The molecule has 0 radical (unpaired) electrons. The summed E-state index contributed by atoms with van der Waals surface area (Å²) in [4.78, 5) is 12.9. The molecule has 0 aliphatic heterocycles. The number of carbonyl (C=O) groups is 1. The Labute approximate surface area is 121 Å². The van der Waals surface area contributed by atoms with Crippen LogP contribution in [0.1, 0.15) is 49.9 Å². The van der Waals surface area contributed by atoms with Crippen LogP contribution in [-0.2, 0) is 0 Å². The largest absolute Gasteiger partial charge is 0.497 e. The summed E-state index contributed by atoms with van der Waals surface area (Å²) in [6.07, 6.45) is 4.42. The molecule has 0 saturated heterocycles. The van der Waals surface area contributed by atoms with Crippen LogP contribution in [0.5, 0.6) is 11.5 Å². The van der Waals surface area contributed by atoms with Crippen LogP contribution in [-0.4, -0.2) is 20.0 Å². The predicted molar refractivity (Wildman–Crippen MR) is 79.6 cm³/mol. The fraction of sp³-hybridized carbons (Fsp3) is 0.588. The van der Waals surface area contributed by atoms with E-state index in [0.717, 1.165) is 19.3 Å². The third-order valence-corrected chi connectivity index (χ3v) is 4.50. The average Bonchev–Trinajstić information content (AvgIpc) is 2.45. The molecular formula is C17H24O3. The Morgan fingerprint density at radius 2 is 1.95 bits per heavy atom. The minimum Gasteiger partial charge on any atom is -0.497 e. The van der Waals surface area contributed by atoms with Crippen LogP contribution in [0.4, 0.5) is 0 Å². The molecule has 1 fully saturated rings. The SMILES string of the molecule is COc1ccc(OC)c(C(=O)C2CCCCC2(C)C)c1. The lowest BCUT2D eigenvalue weighted by atomic mass is 9.66. The Balaban J connectivity index is 2.36. The summed E-state index contributed by atoms with van der Waals surface area (Å²) in [5.41, 5.74) is 0.704. The Morgan fingerprint density at radius 3 is 2.55 bits per heavy atom. The number of hydrogen-bond acceptors (Lipinski definition) is 3. The van der Waals surface area contributed by atoms with Crippen LogP contribution < -0.4 is 9.47 Å². The van der Waals surface area contributed by atoms with E-state index in [2.05, 4.69) is 13.8 Å². The maximum absolute atomic E-state index is 12.9. The fourth-order valence-corrected chi connectivity index (χ4v) is 3.17. The molecule has 0 heterocycles. The zero-order valence-corrected chi connectivity index (χ0v) is 12.9. The van der Waals surface area contributed by atoms with E-state index in [1.165, 1.54) is 6.42 Å². The molecule has 1 aromatic rings. The van der Waals surface area contributed by atoms with Crippen molar-refractivity contribution < 1.29 is 14.3 Å². The molecule has 3 nitrogen and oxygen atoms in total. The van der Waals surface area contributed by atoms with Crippen LogP contribution in [0, 0.1) is 11.3 Å². The number of hydrogen-bond donors (Lipinski definition) is 0. The van der Waals surface area contributed by atoms with Crippen LogP contribution in [0.15, 0.2) is 18.2 Å².